The van der Waals surface area contributed by atoms with Crippen LogP contribution in [0.1, 0.15) is 17.3 Å². The summed E-state index contributed by atoms with van der Waals surface area (Å²) < 4.78 is 5.19. The number of likely N-dealkylation sites (N-methyl/N-ethyl adjacent to an activating group) is 1. The van der Waals surface area contributed by atoms with Crippen molar-refractivity contribution in [2.75, 3.05) is 37.0 Å². The Hall–Kier alpha value is -2.80. The van der Waals surface area contributed by atoms with E-state index < -0.39 is 0 Å². The van der Waals surface area contributed by atoms with Gasteiger partial charge in [-0.2, -0.15) is 0 Å². The lowest BCUT2D eigenvalue weighted by Crippen LogP contribution is -2.32. The van der Waals surface area contributed by atoms with E-state index in [1.165, 1.54) is 13.3 Å². The maximum absolute atomic E-state index is 12.5. The molecule has 136 valence electrons. The smallest absolute Gasteiger partial charge is 0.325 e. The number of urea groups is 1. The van der Waals surface area contributed by atoms with Crippen LogP contribution in [0, 0.1) is 0 Å². The number of hydrogen-bond donors (Lipinski definition) is 1. The van der Waals surface area contributed by atoms with Crippen molar-refractivity contribution >= 4 is 35.0 Å². The van der Waals surface area contributed by atoms with Gasteiger partial charge in [0.05, 0.1) is 24.6 Å². The summed E-state index contributed by atoms with van der Waals surface area (Å²) in [5.41, 5.74) is 0.845. The Labute approximate surface area is 156 Å². The fourth-order valence-electron chi connectivity index (χ4n) is 2.76. The van der Waals surface area contributed by atoms with E-state index in [0.717, 1.165) is 0 Å². The second-order valence-electron chi connectivity index (χ2n) is 5.72. The number of rotatable bonds is 5. The molecule has 26 heavy (non-hydrogen) atoms. The summed E-state index contributed by atoms with van der Waals surface area (Å²) >= 11 is 5.96. The minimum Gasteiger partial charge on any atom is -0.496 e. The van der Waals surface area contributed by atoms with Crippen LogP contribution in [0.2, 0.25) is 5.02 Å². The van der Waals surface area contributed by atoms with Gasteiger partial charge in [0, 0.05) is 24.7 Å². The van der Waals surface area contributed by atoms with Crippen LogP contribution in [0.4, 0.5) is 16.3 Å². The van der Waals surface area contributed by atoms with Crippen molar-refractivity contribution in [1.29, 1.82) is 0 Å². The molecular formula is C18H19ClN4O3. The van der Waals surface area contributed by atoms with E-state index in [1.807, 2.05) is 6.92 Å². The lowest BCUT2D eigenvalue weighted by atomic mass is 10.2. The van der Waals surface area contributed by atoms with Crippen LogP contribution in [-0.2, 0) is 0 Å². The predicted octanol–water partition coefficient (Wildman–Crippen LogP) is 3.26. The summed E-state index contributed by atoms with van der Waals surface area (Å²) in [6.07, 6.45) is 1.52. The molecule has 1 aromatic carbocycles. The highest BCUT2D eigenvalue weighted by atomic mass is 35.5. The van der Waals surface area contributed by atoms with Gasteiger partial charge in [-0.05, 0) is 37.3 Å². The summed E-state index contributed by atoms with van der Waals surface area (Å²) in [6.45, 7) is 3.90. The topological polar surface area (TPSA) is 74.8 Å². The third-order valence-corrected chi connectivity index (χ3v) is 4.40. The van der Waals surface area contributed by atoms with Gasteiger partial charge >= 0.3 is 6.03 Å². The second-order valence-corrected chi connectivity index (χ2v) is 6.15. The molecule has 0 unspecified atom stereocenters. The molecule has 0 saturated carbocycles. The zero-order valence-corrected chi connectivity index (χ0v) is 15.3. The molecule has 3 rings (SSSR count). The number of hydrogen-bond acceptors (Lipinski definition) is 4. The standard InChI is InChI=1S/C18H19ClN4O3/c1-3-22-8-9-23(18(22)25)16-7-5-13(11-20-16)21-17(24)14-10-12(19)4-6-15(14)26-2/h4-7,10-11H,3,8-9H2,1-2H3,(H,21,24). The first-order valence-corrected chi connectivity index (χ1v) is 8.58. The van der Waals surface area contributed by atoms with Gasteiger partial charge in [0.2, 0.25) is 0 Å². The van der Waals surface area contributed by atoms with Crippen LogP contribution in [0.15, 0.2) is 36.5 Å². The molecule has 1 N–H and O–H groups in total. The molecule has 3 amide bonds. The largest absolute Gasteiger partial charge is 0.496 e. The number of halogens is 1. The molecule has 2 aromatic rings. The lowest BCUT2D eigenvalue weighted by Gasteiger charge is -2.16. The highest BCUT2D eigenvalue weighted by molar-refractivity contribution is 6.31. The first-order valence-electron chi connectivity index (χ1n) is 8.21. The van der Waals surface area contributed by atoms with Gasteiger partial charge in [-0.1, -0.05) is 11.6 Å². The number of nitrogens with zero attached hydrogens (tertiary/aromatic N) is 3. The number of amides is 3. The van der Waals surface area contributed by atoms with Gasteiger partial charge in [-0.3, -0.25) is 9.69 Å². The zero-order valence-electron chi connectivity index (χ0n) is 14.5. The number of methoxy groups -OCH3 is 1. The SMILES string of the molecule is CCN1CCN(c2ccc(NC(=O)c3cc(Cl)ccc3OC)cn2)C1=O. The maximum Gasteiger partial charge on any atom is 0.325 e. The van der Waals surface area contributed by atoms with E-state index in [4.69, 9.17) is 16.3 Å². The van der Waals surface area contributed by atoms with Crippen LogP contribution in [0.5, 0.6) is 5.75 Å². The van der Waals surface area contributed by atoms with Gasteiger partial charge in [0.25, 0.3) is 5.91 Å². The minimum atomic E-state index is -0.353. The van der Waals surface area contributed by atoms with Crippen LogP contribution in [0.3, 0.4) is 0 Å². The third-order valence-electron chi connectivity index (χ3n) is 4.17. The Morgan fingerprint density at radius 2 is 2.12 bits per heavy atom. The van der Waals surface area contributed by atoms with E-state index in [2.05, 4.69) is 10.3 Å². The molecule has 0 atom stereocenters. The Bertz CT molecular complexity index is 826. The molecule has 1 aromatic heterocycles. The molecule has 0 spiro atoms. The summed E-state index contributed by atoms with van der Waals surface area (Å²) in [6, 6.07) is 8.19. The van der Waals surface area contributed by atoms with E-state index in [1.54, 1.807) is 40.1 Å². The van der Waals surface area contributed by atoms with Crippen LogP contribution < -0.4 is 15.0 Å². The van der Waals surface area contributed by atoms with Crippen LogP contribution >= 0.6 is 11.6 Å². The van der Waals surface area contributed by atoms with Gasteiger partial charge in [0.1, 0.15) is 11.6 Å². The molecule has 7 nitrogen and oxygen atoms in total. The van der Waals surface area contributed by atoms with E-state index in [-0.39, 0.29) is 11.9 Å². The fourth-order valence-corrected chi connectivity index (χ4v) is 2.94. The summed E-state index contributed by atoms with van der Waals surface area (Å²) in [4.78, 5) is 32.3. The number of carbonyl (C=O) groups excluding carboxylic acids is 2. The molecule has 1 aliphatic heterocycles. The predicted molar refractivity (Wildman–Crippen MR) is 100 cm³/mol. The first kappa shape index (κ1) is 18.0. The van der Waals surface area contributed by atoms with Crippen molar-refractivity contribution in [2.45, 2.75) is 6.92 Å². The number of carbonyl (C=O) groups is 2. The number of aromatic nitrogens is 1. The second kappa shape index (κ2) is 7.61. The molecule has 1 saturated heterocycles. The highest BCUT2D eigenvalue weighted by Crippen LogP contribution is 2.24. The average Bonchev–Trinajstić information content (AvgIpc) is 3.03. The van der Waals surface area contributed by atoms with Crippen molar-refractivity contribution < 1.29 is 14.3 Å². The van der Waals surface area contributed by atoms with E-state index >= 15 is 0 Å². The fraction of sp³-hybridized carbons (Fsp3) is 0.278. The third kappa shape index (κ3) is 3.57. The highest BCUT2D eigenvalue weighted by Gasteiger charge is 2.29. The van der Waals surface area contributed by atoms with Crippen LogP contribution in [0.25, 0.3) is 0 Å². The molecule has 1 fully saturated rings. The molecule has 0 bridgehead atoms. The van der Waals surface area contributed by atoms with Crippen molar-refractivity contribution in [3.05, 3.63) is 47.1 Å². The number of nitrogens with one attached hydrogen (secondary N) is 1. The molecule has 0 radical (unpaired) electrons. The Kier molecular flexibility index (Phi) is 5.27. The molecule has 0 aliphatic carbocycles. The van der Waals surface area contributed by atoms with Gasteiger partial charge in [-0.15, -0.1) is 0 Å². The summed E-state index contributed by atoms with van der Waals surface area (Å²) in [5, 5.41) is 3.20. The van der Waals surface area contributed by atoms with Crippen molar-refractivity contribution in [3.63, 3.8) is 0 Å². The minimum absolute atomic E-state index is 0.0551. The Balaban J connectivity index is 1.73. The molecule has 1 aliphatic rings. The molecular weight excluding hydrogens is 356 g/mol. The average molecular weight is 375 g/mol. The Morgan fingerprint density at radius 3 is 2.73 bits per heavy atom. The first-order chi connectivity index (χ1) is 12.5. The normalized spacial score (nSPS) is 13.9. The maximum atomic E-state index is 12.5. The van der Waals surface area contributed by atoms with Crippen LogP contribution in [-0.4, -0.2) is 48.6 Å². The quantitative estimate of drug-likeness (QED) is 0.871. The van der Waals surface area contributed by atoms with E-state index in [0.29, 0.717) is 47.5 Å². The zero-order chi connectivity index (χ0) is 18.7. The lowest BCUT2D eigenvalue weighted by molar-refractivity contribution is 0.102. The van der Waals surface area contributed by atoms with E-state index in [9.17, 15) is 9.59 Å². The van der Waals surface area contributed by atoms with Gasteiger partial charge < -0.3 is 15.0 Å². The van der Waals surface area contributed by atoms with Crippen molar-refractivity contribution in [3.8, 4) is 5.75 Å². The monoisotopic (exact) mass is 374 g/mol. The molecule has 8 heteroatoms. The van der Waals surface area contributed by atoms with Gasteiger partial charge in [0.15, 0.2) is 0 Å². The number of anilines is 2. The number of pyridine rings is 1. The van der Waals surface area contributed by atoms with Gasteiger partial charge in [-0.25, -0.2) is 9.78 Å². The van der Waals surface area contributed by atoms with Crippen molar-refractivity contribution in [1.82, 2.24) is 9.88 Å². The Morgan fingerprint density at radius 1 is 1.31 bits per heavy atom. The summed E-state index contributed by atoms with van der Waals surface area (Å²) in [7, 11) is 1.49. The summed E-state index contributed by atoms with van der Waals surface area (Å²) in [5.74, 6) is 0.636. The number of benzene rings is 1. The molecule has 2 heterocycles. The van der Waals surface area contributed by atoms with Crippen molar-refractivity contribution in [2.24, 2.45) is 0 Å². The number of ether oxygens (including phenoxy) is 1.